The van der Waals surface area contributed by atoms with Crippen molar-refractivity contribution in [2.45, 2.75) is 20.4 Å². The van der Waals surface area contributed by atoms with Crippen LogP contribution in [0.3, 0.4) is 0 Å². The Balaban J connectivity index is 2.29. The summed E-state index contributed by atoms with van der Waals surface area (Å²) in [6.07, 6.45) is 0. The Morgan fingerprint density at radius 2 is 2.20 bits per heavy atom. The zero-order valence-electron chi connectivity index (χ0n) is 10.7. The van der Waals surface area contributed by atoms with E-state index >= 15 is 0 Å². The number of nitrogens with zero attached hydrogens (tertiary/aromatic N) is 2. The number of benzene rings is 1. The maximum absolute atomic E-state index is 13.3. The number of nitro groups is 1. The molecule has 0 aliphatic heterocycles. The highest BCUT2D eigenvalue weighted by Gasteiger charge is 2.18. The van der Waals surface area contributed by atoms with Crippen molar-refractivity contribution in [3.05, 3.63) is 50.1 Å². The minimum absolute atomic E-state index is 0.140. The third-order valence-electron chi connectivity index (χ3n) is 2.87. The second-order valence-electron chi connectivity index (χ2n) is 4.20. The van der Waals surface area contributed by atoms with Crippen molar-refractivity contribution >= 4 is 23.0 Å². The lowest BCUT2D eigenvalue weighted by atomic mass is 10.2. The summed E-state index contributed by atoms with van der Waals surface area (Å²) in [5.41, 5.74) is 1.24. The average Bonchev–Trinajstić information content (AvgIpc) is 2.70. The van der Waals surface area contributed by atoms with Gasteiger partial charge < -0.3 is 9.84 Å². The van der Waals surface area contributed by atoms with Gasteiger partial charge in [-0.05, 0) is 19.9 Å². The van der Waals surface area contributed by atoms with E-state index in [4.69, 9.17) is 16.1 Å². The minimum atomic E-state index is -0.832. The summed E-state index contributed by atoms with van der Waals surface area (Å²) in [5.74, 6) is -0.216. The van der Waals surface area contributed by atoms with Crippen LogP contribution in [0, 0.1) is 29.8 Å². The quantitative estimate of drug-likeness (QED) is 0.689. The first-order chi connectivity index (χ1) is 9.40. The summed E-state index contributed by atoms with van der Waals surface area (Å²) >= 11 is 5.65. The summed E-state index contributed by atoms with van der Waals surface area (Å²) < 4.78 is 18.3. The Kier molecular flexibility index (Phi) is 3.89. The van der Waals surface area contributed by atoms with E-state index < -0.39 is 10.7 Å². The molecule has 0 bridgehead atoms. The first-order valence-electron chi connectivity index (χ1n) is 5.69. The van der Waals surface area contributed by atoms with E-state index in [1.807, 2.05) is 0 Å². The van der Waals surface area contributed by atoms with Crippen LogP contribution >= 0.6 is 11.6 Å². The van der Waals surface area contributed by atoms with Crippen molar-refractivity contribution in [2.75, 3.05) is 5.32 Å². The maximum atomic E-state index is 13.3. The van der Waals surface area contributed by atoms with Gasteiger partial charge in [0.15, 0.2) is 0 Å². The SMILES string of the molecule is Cc1noc(C)c1CNc1cc(Cl)c(F)cc1[N+](=O)[O-]. The molecule has 1 aromatic heterocycles. The van der Waals surface area contributed by atoms with Gasteiger partial charge in [0, 0.05) is 12.1 Å². The van der Waals surface area contributed by atoms with E-state index in [1.165, 1.54) is 6.07 Å². The largest absolute Gasteiger partial charge is 0.375 e. The Morgan fingerprint density at radius 3 is 2.75 bits per heavy atom. The molecule has 0 radical (unpaired) electrons. The van der Waals surface area contributed by atoms with Gasteiger partial charge in [-0.2, -0.15) is 0 Å². The van der Waals surface area contributed by atoms with Crippen molar-refractivity contribution in [3.8, 4) is 0 Å². The van der Waals surface area contributed by atoms with E-state index in [0.29, 0.717) is 11.5 Å². The number of nitro benzene ring substituents is 1. The molecule has 0 spiro atoms. The van der Waals surface area contributed by atoms with Gasteiger partial charge in [-0.3, -0.25) is 10.1 Å². The molecule has 0 fully saturated rings. The lowest BCUT2D eigenvalue weighted by Gasteiger charge is -2.08. The van der Waals surface area contributed by atoms with Crippen LogP contribution in [0.15, 0.2) is 16.7 Å². The number of anilines is 1. The summed E-state index contributed by atoms with van der Waals surface area (Å²) in [6.45, 7) is 3.77. The molecule has 0 saturated heterocycles. The van der Waals surface area contributed by atoms with E-state index in [9.17, 15) is 14.5 Å². The van der Waals surface area contributed by atoms with E-state index in [1.54, 1.807) is 13.8 Å². The number of hydrogen-bond acceptors (Lipinski definition) is 5. The van der Waals surface area contributed by atoms with Gasteiger partial charge in [-0.25, -0.2) is 4.39 Å². The van der Waals surface area contributed by atoms with Crippen LogP contribution in [0.4, 0.5) is 15.8 Å². The predicted octanol–water partition coefficient (Wildman–Crippen LogP) is 3.60. The molecule has 2 rings (SSSR count). The molecule has 1 aromatic carbocycles. The van der Waals surface area contributed by atoms with Crippen molar-refractivity contribution in [1.82, 2.24) is 5.16 Å². The smallest absolute Gasteiger partial charge is 0.295 e. The molecule has 1 heterocycles. The predicted molar refractivity (Wildman–Crippen MR) is 71.4 cm³/mol. The molecule has 0 saturated carbocycles. The molecule has 1 N–H and O–H groups in total. The molecule has 0 aliphatic rings. The number of hydrogen-bond donors (Lipinski definition) is 1. The highest BCUT2D eigenvalue weighted by Crippen LogP contribution is 2.31. The second-order valence-corrected chi connectivity index (χ2v) is 4.60. The molecule has 0 atom stereocenters. The monoisotopic (exact) mass is 299 g/mol. The van der Waals surface area contributed by atoms with Gasteiger partial charge in [0.1, 0.15) is 17.3 Å². The molecule has 20 heavy (non-hydrogen) atoms. The first-order valence-corrected chi connectivity index (χ1v) is 6.07. The topological polar surface area (TPSA) is 81.2 Å². The highest BCUT2D eigenvalue weighted by atomic mass is 35.5. The van der Waals surface area contributed by atoms with Gasteiger partial charge in [-0.1, -0.05) is 16.8 Å². The molecule has 0 unspecified atom stereocenters. The third kappa shape index (κ3) is 2.72. The third-order valence-corrected chi connectivity index (χ3v) is 3.16. The zero-order chi connectivity index (χ0) is 14.9. The van der Waals surface area contributed by atoms with Crippen molar-refractivity contribution in [1.29, 1.82) is 0 Å². The molecule has 2 aromatic rings. The van der Waals surface area contributed by atoms with Crippen LogP contribution in [0.1, 0.15) is 17.0 Å². The van der Waals surface area contributed by atoms with Gasteiger partial charge in [0.25, 0.3) is 5.69 Å². The summed E-state index contributed by atoms with van der Waals surface area (Å²) in [6, 6.07) is 1.98. The van der Waals surface area contributed by atoms with E-state index in [0.717, 1.165) is 11.6 Å². The maximum Gasteiger partial charge on any atom is 0.295 e. The Hall–Kier alpha value is -2.15. The van der Waals surface area contributed by atoms with Gasteiger partial charge in [0.2, 0.25) is 0 Å². The fourth-order valence-corrected chi connectivity index (χ4v) is 1.93. The first kappa shape index (κ1) is 14.3. The standard InChI is InChI=1S/C12H11ClFN3O3/c1-6-8(7(2)20-16-6)5-15-11-3-9(13)10(14)4-12(11)17(18)19/h3-4,15H,5H2,1-2H3. The normalized spacial score (nSPS) is 10.6. The molecule has 106 valence electrons. The van der Waals surface area contributed by atoms with Crippen molar-refractivity contribution < 1.29 is 13.8 Å². The van der Waals surface area contributed by atoms with Gasteiger partial charge >= 0.3 is 0 Å². The fourth-order valence-electron chi connectivity index (χ4n) is 1.77. The second kappa shape index (κ2) is 5.46. The Labute approximate surface area is 118 Å². The molecule has 6 nitrogen and oxygen atoms in total. The number of aryl methyl sites for hydroxylation is 2. The van der Waals surface area contributed by atoms with Gasteiger partial charge in [-0.15, -0.1) is 0 Å². The molecular formula is C12H11ClFN3O3. The average molecular weight is 300 g/mol. The van der Waals surface area contributed by atoms with Crippen LogP contribution in [-0.4, -0.2) is 10.1 Å². The van der Waals surface area contributed by atoms with Crippen LogP contribution < -0.4 is 5.32 Å². The van der Waals surface area contributed by atoms with Crippen LogP contribution in [-0.2, 0) is 6.54 Å². The van der Waals surface area contributed by atoms with Crippen LogP contribution in [0.25, 0.3) is 0 Å². The zero-order valence-corrected chi connectivity index (χ0v) is 11.5. The molecule has 8 heteroatoms. The van der Waals surface area contributed by atoms with Crippen molar-refractivity contribution in [2.24, 2.45) is 0 Å². The lowest BCUT2D eigenvalue weighted by Crippen LogP contribution is -2.04. The highest BCUT2D eigenvalue weighted by molar-refractivity contribution is 6.31. The number of nitrogens with one attached hydrogen (secondary N) is 1. The summed E-state index contributed by atoms with van der Waals surface area (Å²) in [7, 11) is 0. The summed E-state index contributed by atoms with van der Waals surface area (Å²) in [5, 5.41) is 17.4. The summed E-state index contributed by atoms with van der Waals surface area (Å²) in [4.78, 5) is 10.2. The number of rotatable bonds is 4. The van der Waals surface area contributed by atoms with E-state index in [2.05, 4.69) is 10.5 Å². The fraction of sp³-hybridized carbons (Fsp3) is 0.250. The van der Waals surface area contributed by atoms with Crippen LogP contribution in [0.2, 0.25) is 5.02 Å². The number of halogens is 2. The Bertz CT molecular complexity index is 653. The molecule has 0 amide bonds. The van der Waals surface area contributed by atoms with Crippen molar-refractivity contribution in [3.63, 3.8) is 0 Å². The molecular weight excluding hydrogens is 289 g/mol. The minimum Gasteiger partial charge on any atom is -0.375 e. The Morgan fingerprint density at radius 1 is 1.50 bits per heavy atom. The lowest BCUT2D eigenvalue weighted by molar-refractivity contribution is -0.384. The number of aromatic nitrogens is 1. The van der Waals surface area contributed by atoms with E-state index in [-0.39, 0.29) is 22.9 Å². The molecule has 0 aliphatic carbocycles. The van der Waals surface area contributed by atoms with Gasteiger partial charge in [0.05, 0.1) is 21.7 Å². The van der Waals surface area contributed by atoms with Crippen LogP contribution in [0.5, 0.6) is 0 Å².